The maximum atomic E-state index is 13.7. The SMILES string of the molecule is COc1cccc(N(C(=O)C2CCCCC2)c2nc(-c3ccc(C)cc3)c(C)s2)c1. The van der Waals surface area contributed by atoms with Gasteiger partial charge in [-0.25, -0.2) is 4.98 Å². The predicted octanol–water partition coefficient (Wildman–Crippen LogP) is 6.68. The van der Waals surface area contributed by atoms with Gasteiger partial charge < -0.3 is 4.74 Å². The molecule has 0 atom stereocenters. The van der Waals surface area contributed by atoms with Crippen molar-refractivity contribution in [2.24, 2.45) is 5.92 Å². The molecule has 1 aliphatic rings. The van der Waals surface area contributed by atoms with Crippen LogP contribution in [0.15, 0.2) is 48.5 Å². The molecule has 0 spiro atoms. The molecule has 4 rings (SSSR count). The zero-order valence-corrected chi connectivity index (χ0v) is 18.7. The quantitative estimate of drug-likeness (QED) is 0.462. The fraction of sp³-hybridized carbons (Fsp3) is 0.360. The Morgan fingerprint density at radius 1 is 1.07 bits per heavy atom. The van der Waals surface area contributed by atoms with Crippen LogP contribution in [0.5, 0.6) is 5.75 Å². The van der Waals surface area contributed by atoms with Gasteiger partial charge in [0.2, 0.25) is 5.91 Å². The second-order valence-corrected chi connectivity index (χ2v) is 9.16. The summed E-state index contributed by atoms with van der Waals surface area (Å²) in [5.41, 5.74) is 4.06. The van der Waals surface area contributed by atoms with Gasteiger partial charge in [-0.05, 0) is 38.8 Å². The third-order valence-corrected chi connectivity index (χ3v) is 6.74. The highest BCUT2D eigenvalue weighted by Crippen LogP contribution is 2.39. The van der Waals surface area contributed by atoms with Gasteiger partial charge in [0.1, 0.15) is 5.75 Å². The largest absolute Gasteiger partial charge is 0.497 e. The van der Waals surface area contributed by atoms with Gasteiger partial charge in [-0.2, -0.15) is 0 Å². The van der Waals surface area contributed by atoms with Gasteiger partial charge in [0.05, 0.1) is 18.5 Å². The van der Waals surface area contributed by atoms with E-state index in [-0.39, 0.29) is 11.8 Å². The van der Waals surface area contributed by atoms with Crippen LogP contribution in [0.1, 0.15) is 42.5 Å². The molecular weight excluding hydrogens is 392 g/mol. The Kier molecular flexibility index (Phi) is 6.18. The van der Waals surface area contributed by atoms with Crippen LogP contribution in [-0.4, -0.2) is 18.0 Å². The number of hydrogen-bond acceptors (Lipinski definition) is 4. The van der Waals surface area contributed by atoms with Gasteiger partial charge in [-0.3, -0.25) is 9.69 Å². The van der Waals surface area contributed by atoms with Gasteiger partial charge in [-0.15, -0.1) is 11.3 Å². The van der Waals surface area contributed by atoms with E-state index in [1.165, 1.54) is 12.0 Å². The number of aryl methyl sites for hydroxylation is 2. The molecule has 0 saturated heterocycles. The topological polar surface area (TPSA) is 42.4 Å². The standard InChI is InChI=1S/C25H28N2O2S/c1-17-12-14-19(15-13-17)23-18(2)30-25(26-23)27(21-10-7-11-22(16-21)29-3)24(28)20-8-5-4-6-9-20/h7,10-16,20H,4-6,8-9H2,1-3H3. The minimum Gasteiger partial charge on any atom is -0.497 e. The van der Waals surface area contributed by atoms with E-state index in [1.807, 2.05) is 29.2 Å². The summed E-state index contributed by atoms with van der Waals surface area (Å²) in [5, 5.41) is 0.729. The maximum Gasteiger partial charge on any atom is 0.236 e. The Bertz CT molecular complexity index is 1020. The van der Waals surface area contributed by atoms with E-state index in [0.717, 1.165) is 58.4 Å². The number of methoxy groups -OCH3 is 1. The van der Waals surface area contributed by atoms with E-state index in [1.54, 1.807) is 18.4 Å². The number of ether oxygens (including phenoxy) is 1. The number of benzene rings is 2. The Morgan fingerprint density at radius 2 is 1.80 bits per heavy atom. The van der Waals surface area contributed by atoms with Crippen LogP contribution in [0.25, 0.3) is 11.3 Å². The van der Waals surface area contributed by atoms with Crippen molar-refractivity contribution in [2.75, 3.05) is 12.0 Å². The van der Waals surface area contributed by atoms with Crippen LogP contribution in [0, 0.1) is 19.8 Å². The number of carbonyl (C=O) groups excluding carboxylic acids is 1. The highest BCUT2D eigenvalue weighted by molar-refractivity contribution is 7.16. The van der Waals surface area contributed by atoms with Crippen molar-refractivity contribution in [3.63, 3.8) is 0 Å². The van der Waals surface area contributed by atoms with Crippen LogP contribution in [-0.2, 0) is 4.79 Å². The summed E-state index contributed by atoms with van der Waals surface area (Å²) in [5.74, 6) is 0.935. The average molecular weight is 421 g/mol. The first kappa shape index (κ1) is 20.6. The fourth-order valence-electron chi connectivity index (χ4n) is 4.07. The Balaban J connectivity index is 1.76. The summed E-state index contributed by atoms with van der Waals surface area (Å²) in [7, 11) is 1.65. The molecule has 0 N–H and O–H groups in total. The van der Waals surface area contributed by atoms with Gasteiger partial charge in [0.15, 0.2) is 5.13 Å². The fourth-order valence-corrected chi connectivity index (χ4v) is 5.03. The Hall–Kier alpha value is -2.66. The van der Waals surface area contributed by atoms with E-state index in [4.69, 9.17) is 9.72 Å². The molecule has 0 aliphatic heterocycles. The van der Waals surface area contributed by atoms with Crippen LogP contribution in [0.3, 0.4) is 0 Å². The molecule has 1 aliphatic carbocycles. The third-order valence-electron chi connectivity index (χ3n) is 5.79. The maximum absolute atomic E-state index is 13.7. The molecule has 0 radical (unpaired) electrons. The molecule has 1 heterocycles. The lowest BCUT2D eigenvalue weighted by Crippen LogP contribution is -2.33. The van der Waals surface area contributed by atoms with E-state index in [0.29, 0.717) is 0 Å². The number of nitrogens with zero attached hydrogens (tertiary/aromatic N) is 2. The molecule has 0 bridgehead atoms. The van der Waals surface area contributed by atoms with E-state index in [9.17, 15) is 4.79 Å². The molecule has 4 nitrogen and oxygen atoms in total. The van der Waals surface area contributed by atoms with Crippen molar-refractivity contribution < 1.29 is 9.53 Å². The van der Waals surface area contributed by atoms with Crippen LogP contribution >= 0.6 is 11.3 Å². The van der Waals surface area contributed by atoms with Gasteiger partial charge >= 0.3 is 0 Å². The van der Waals surface area contributed by atoms with Crippen molar-refractivity contribution in [3.8, 4) is 17.0 Å². The smallest absolute Gasteiger partial charge is 0.236 e. The van der Waals surface area contributed by atoms with Gasteiger partial charge in [0, 0.05) is 22.4 Å². The molecule has 5 heteroatoms. The van der Waals surface area contributed by atoms with Crippen LogP contribution in [0.4, 0.5) is 10.8 Å². The molecule has 1 amide bonds. The van der Waals surface area contributed by atoms with Crippen molar-refractivity contribution >= 4 is 28.1 Å². The molecule has 3 aromatic rings. The normalized spacial score (nSPS) is 14.5. The second kappa shape index (κ2) is 9.00. The number of thiazole rings is 1. The van der Waals surface area contributed by atoms with E-state index in [2.05, 4.69) is 38.1 Å². The van der Waals surface area contributed by atoms with Gasteiger partial charge in [-0.1, -0.05) is 55.2 Å². The minimum absolute atomic E-state index is 0.0528. The summed E-state index contributed by atoms with van der Waals surface area (Å²) in [6.45, 7) is 4.15. The average Bonchev–Trinajstić information content (AvgIpc) is 3.16. The number of rotatable bonds is 5. The Labute approximate surface area is 182 Å². The number of carbonyl (C=O) groups is 1. The molecule has 156 valence electrons. The Morgan fingerprint density at radius 3 is 2.50 bits per heavy atom. The zero-order valence-electron chi connectivity index (χ0n) is 17.9. The molecule has 0 unspecified atom stereocenters. The first-order valence-electron chi connectivity index (χ1n) is 10.6. The van der Waals surface area contributed by atoms with E-state index < -0.39 is 0 Å². The summed E-state index contributed by atoms with van der Waals surface area (Å²) in [4.78, 5) is 21.5. The van der Waals surface area contributed by atoms with Crippen LogP contribution < -0.4 is 9.64 Å². The first-order chi connectivity index (χ1) is 14.6. The van der Waals surface area contributed by atoms with Crippen molar-refractivity contribution in [3.05, 3.63) is 59.0 Å². The highest BCUT2D eigenvalue weighted by Gasteiger charge is 2.30. The summed E-state index contributed by atoms with van der Waals surface area (Å²) in [6, 6.07) is 16.1. The number of aromatic nitrogens is 1. The summed E-state index contributed by atoms with van der Waals surface area (Å²) in [6.07, 6.45) is 5.36. The van der Waals surface area contributed by atoms with E-state index >= 15 is 0 Å². The number of amides is 1. The monoisotopic (exact) mass is 420 g/mol. The summed E-state index contributed by atoms with van der Waals surface area (Å²) >= 11 is 1.58. The minimum atomic E-state index is 0.0528. The molecule has 1 fully saturated rings. The van der Waals surface area contributed by atoms with Crippen LogP contribution in [0.2, 0.25) is 0 Å². The predicted molar refractivity (Wildman–Crippen MR) is 124 cm³/mol. The van der Waals surface area contributed by atoms with Gasteiger partial charge in [0.25, 0.3) is 0 Å². The van der Waals surface area contributed by atoms with Crippen molar-refractivity contribution in [2.45, 2.75) is 46.0 Å². The molecule has 2 aromatic carbocycles. The van der Waals surface area contributed by atoms with Crippen molar-refractivity contribution in [1.29, 1.82) is 0 Å². The molecular formula is C25H28N2O2S. The molecule has 1 saturated carbocycles. The molecule has 1 aromatic heterocycles. The number of hydrogen-bond donors (Lipinski definition) is 0. The number of anilines is 2. The second-order valence-electron chi connectivity index (χ2n) is 7.98. The summed E-state index contributed by atoms with van der Waals surface area (Å²) < 4.78 is 5.42. The van der Waals surface area contributed by atoms with Crippen molar-refractivity contribution in [1.82, 2.24) is 4.98 Å². The lowest BCUT2D eigenvalue weighted by atomic mass is 9.88. The first-order valence-corrected chi connectivity index (χ1v) is 11.4. The molecule has 30 heavy (non-hydrogen) atoms. The highest BCUT2D eigenvalue weighted by atomic mass is 32.1. The third kappa shape index (κ3) is 4.26. The zero-order chi connectivity index (χ0) is 21.1. The lowest BCUT2D eigenvalue weighted by Gasteiger charge is -2.28. The lowest BCUT2D eigenvalue weighted by molar-refractivity contribution is -0.122.